The molecule has 0 N–H and O–H groups in total. The fourth-order valence-corrected chi connectivity index (χ4v) is 7.72. The average Bonchev–Trinajstić information content (AvgIpc) is 3.58. The summed E-state index contributed by atoms with van der Waals surface area (Å²) >= 11 is 0. The van der Waals surface area contributed by atoms with Crippen LogP contribution in [0.5, 0.6) is 0 Å². The lowest BCUT2D eigenvalue weighted by Gasteiger charge is -2.26. The van der Waals surface area contributed by atoms with Gasteiger partial charge in [0.25, 0.3) is 0 Å². The number of rotatable bonds is 5. The van der Waals surface area contributed by atoms with E-state index in [1.807, 2.05) is 6.07 Å². The fourth-order valence-electron chi connectivity index (χ4n) is 7.72. The van der Waals surface area contributed by atoms with Crippen molar-refractivity contribution in [3.8, 4) is 22.3 Å². The first-order valence-corrected chi connectivity index (χ1v) is 17.1. The number of benzene rings is 9. The lowest BCUT2D eigenvalue weighted by atomic mass is 9.91. The molecule has 2 heteroatoms. The molecule has 50 heavy (non-hydrogen) atoms. The monoisotopic (exact) mass is 637 g/mol. The summed E-state index contributed by atoms with van der Waals surface area (Å²) in [5, 5.41) is 9.72. The summed E-state index contributed by atoms with van der Waals surface area (Å²) in [7, 11) is 0. The molecule has 0 bridgehead atoms. The van der Waals surface area contributed by atoms with Crippen LogP contribution in [-0.4, -0.2) is 0 Å². The van der Waals surface area contributed by atoms with Gasteiger partial charge < -0.3 is 9.32 Å². The van der Waals surface area contributed by atoms with Crippen molar-refractivity contribution in [3.63, 3.8) is 0 Å². The summed E-state index contributed by atoms with van der Waals surface area (Å²) in [6, 6.07) is 67.4. The van der Waals surface area contributed by atoms with Gasteiger partial charge in [0.15, 0.2) is 0 Å². The Morgan fingerprint density at radius 3 is 1.62 bits per heavy atom. The quantitative estimate of drug-likeness (QED) is 0.175. The van der Waals surface area contributed by atoms with E-state index in [2.05, 4.69) is 187 Å². The molecule has 10 rings (SSSR count). The molecule has 0 aliphatic heterocycles. The second-order valence-electron chi connectivity index (χ2n) is 12.9. The van der Waals surface area contributed by atoms with Crippen LogP contribution in [0.3, 0.4) is 0 Å². The number of hydrogen-bond donors (Lipinski definition) is 0. The molecule has 0 aliphatic carbocycles. The Morgan fingerprint density at radius 2 is 0.820 bits per heavy atom. The topological polar surface area (TPSA) is 16.4 Å². The third kappa shape index (κ3) is 4.57. The van der Waals surface area contributed by atoms with E-state index in [-0.39, 0.29) is 0 Å². The number of fused-ring (bicyclic) bond motifs is 10. The molecule has 0 radical (unpaired) electrons. The molecule has 10 aromatic rings. The van der Waals surface area contributed by atoms with Gasteiger partial charge in [-0.2, -0.15) is 0 Å². The Hall–Kier alpha value is -6.64. The predicted octanol–water partition coefficient (Wildman–Crippen LogP) is 13.8. The highest BCUT2D eigenvalue weighted by atomic mass is 16.3. The maximum Gasteiger partial charge on any atom is 0.136 e. The summed E-state index contributed by atoms with van der Waals surface area (Å²) in [5.41, 5.74) is 9.95. The number of para-hydroxylation sites is 2. The van der Waals surface area contributed by atoms with E-state index < -0.39 is 0 Å². The molecule has 0 saturated heterocycles. The smallest absolute Gasteiger partial charge is 0.136 e. The summed E-state index contributed by atoms with van der Waals surface area (Å²) in [4.78, 5) is 2.37. The van der Waals surface area contributed by atoms with E-state index in [0.29, 0.717) is 0 Å². The largest absolute Gasteiger partial charge is 0.456 e. The van der Waals surface area contributed by atoms with Crippen molar-refractivity contribution in [3.05, 3.63) is 188 Å². The average molecular weight is 638 g/mol. The molecule has 234 valence electrons. The van der Waals surface area contributed by atoms with Gasteiger partial charge in [-0.05, 0) is 104 Å². The Labute approximate surface area is 290 Å². The Bertz CT molecular complexity index is 2850. The first-order chi connectivity index (χ1) is 24.8. The van der Waals surface area contributed by atoms with E-state index in [0.717, 1.165) is 33.6 Å². The summed E-state index contributed by atoms with van der Waals surface area (Å²) in [5.74, 6) is 0. The van der Waals surface area contributed by atoms with Crippen LogP contribution in [0.1, 0.15) is 0 Å². The number of anilines is 3. The SMILES string of the molecule is c1ccc(-c2ccc(-c3cccc(N(c4ccccc4)c4ccc5c6ccccc6c6c(ccc7oc8ccccc8c76)c5c4)c3)cc2)cc1. The molecule has 0 fully saturated rings. The molecule has 0 aliphatic rings. The van der Waals surface area contributed by atoms with Gasteiger partial charge in [-0.25, -0.2) is 0 Å². The highest BCUT2D eigenvalue weighted by Crippen LogP contribution is 2.45. The molecular weight excluding hydrogens is 607 g/mol. The molecule has 9 aromatic carbocycles. The van der Waals surface area contributed by atoms with Crippen LogP contribution in [0.15, 0.2) is 192 Å². The minimum Gasteiger partial charge on any atom is -0.456 e. The molecule has 0 saturated carbocycles. The molecule has 0 amide bonds. The zero-order valence-electron chi connectivity index (χ0n) is 27.3. The van der Waals surface area contributed by atoms with Crippen molar-refractivity contribution < 1.29 is 4.42 Å². The van der Waals surface area contributed by atoms with Crippen LogP contribution in [0.2, 0.25) is 0 Å². The van der Waals surface area contributed by atoms with Crippen LogP contribution in [0.4, 0.5) is 17.1 Å². The van der Waals surface area contributed by atoms with E-state index in [1.54, 1.807) is 0 Å². The van der Waals surface area contributed by atoms with Gasteiger partial charge in [-0.15, -0.1) is 0 Å². The van der Waals surface area contributed by atoms with Gasteiger partial charge in [-0.3, -0.25) is 0 Å². The second kappa shape index (κ2) is 11.5. The van der Waals surface area contributed by atoms with Crippen molar-refractivity contribution in [1.82, 2.24) is 0 Å². The summed E-state index contributed by atoms with van der Waals surface area (Å²) in [6.07, 6.45) is 0. The normalized spacial score (nSPS) is 11.6. The Kier molecular flexibility index (Phi) is 6.53. The lowest BCUT2D eigenvalue weighted by Crippen LogP contribution is -2.10. The maximum absolute atomic E-state index is 6.37. The zero-order chi connectivity index (χ0) is 33.0. The van der Waals surface area contributed by atoms with Gasteiger partial charge in [0.2, 0.25) is 0 Å². The van der Waals surface area contributed by atoms with Gasteiger partial charge in [-0.1, -0.05) is 133 Å². The first kappa shape index (κ1) is 28.4. The van der Waals surface area contributed by atoms with Crippen LogP contribution in [-0.2, 0) is 0 Å². The van der Waals surface area contributed by atoms with E-state index in [1.165, 1.54) is 60.0 Å². The molecule has 1 aromatic heterocycles. The molecule has 0 unspecified atom stereocenters. The van der Waals surface area contributed by atoms with E-state index in [4.69, 9.17) is 4.42 Å². The molecule has 2 nitrogen and oxygen atoms in total. The van der Waals surface area contributed by atoms with Crippen LogP contribution in [0, 0.1) is 0 Å². The van der Waals surface area contributed by atoms with Gasteiger partial charge in [0.1, 0.15) is 11.2 Å². The first-order valence-electron chi connectivity index (χ1n) is 17.1. The van der Waals surface area contributed by atoms with Crippen LogP contribution >= 0.6 is 0 Å². The van der Waals surface area contributed by atoms with Crippen LogP contribution in [0.25, 0.3) is 76.5 Å². The van der Waals surface area contributed by atoms with Crippen LogP contribution < -0.4 is 4.90 Å². The van der Waals surface area contributed by atoms with Crippen molar-refractivity contribution in [2.75, 3.05) is 4.90 Å². The van der Waals surface area contributed by atoms with E-state index >= 15 is 0 Å². The van der Waals surface area contributed by atoms with Gasteiger partial charge in [0, 0.05) is 33.2 Å². The van der Waals surface area contributed by atoms with Gasteiger partial charge in [0.05, 0.1) is 0 Å². The number of nitrogens with zero attached hydrogens (tertiary/aromatic N) is 1. The molecular formula is C48H31NO. The highest BCUT2D eigenvalue weighted by Gasteiger charge is 2.19. The highest BCUT2D eigenvalue weighted by molar-refractivity contribution is 6.34. The predicted molar refractivity (Wildman–Crippen MR) is 212 cm³/mol. The summed E-state index contributed by atoms with van der Waals surface area (Å²) < 4.78 is 6.37. The second-order valence-corrected chi connectivity index (χ2v) is 12.9. The van der Waals surface area contributed by atoms with Crippen molar-refractivity contribution in [1.29, 1.82) is 0 Å². The lowest BCUT2D eigenvalue weighted by molar-refractivity contribution is 0.669. The van der Waals surface area contributed by atoms with E-state index in [9.17, 15) is 0 Å². The van der Waals surface area contributed by atoms with Crippen molar-refractivity contribution in [2.45, 2.75) is 0 Å². The summed E-state index contributed by atoms with van der Waals surface area (Å²) in [6.45, 7) is 0. The standard InChI is InChI=1S/C48H31NO/c1-3-12-32(13-4-1)33-22-24-34(25-23-33)35-14-11-17-37(30-35)49(36-15-5-2-6-16-36)38-26-27-40-39-18-7-8-19-41(39)47-42(44(40)31-38)28-29-46-48(47)43-20-9-10-21-45(43)50-46/h1-31H. The molecule has 0 atom stereocenters. The minimum absolute atomic E-state index is 0.915. The fraction of sp³-hybridized carbons (Fsp3) is 0. The zero-order valence-corrected chi connectivity index (χ0v) is 27.3. The third-order valence-electron chi connectivity index (χ3n) is 10.0. The van der Waals surface area contributed by atoms with Crippen molar-refractivity contribution in [2.24, 2.45) is 0 Å². The Balaban J connectivity index is 1.18. The molecule has 0 spiro atoms. The van der Waals surface area contributed by atoms with Crippen molar-refractivity contribution >= 4 is 71.3 Å². The number of hydrogen-bond acceptors (Lipinski definition) is 2. The Morgan fingerprint density at radius 1 is 0.280 bits per heavy atom. The minimum atomic E-state index is 0.915. The molecule has 1 heterocycles. The number of furan rings is 1. The maximum atomic E-state index is 6.37. The van der Waals surface area contributed by atoms with Gasteiger partial charge >= 0.3 is 0 Å². The third-order valence-corrected chi connectivity index (χ3v) is 10.0.